The van der Waals surface area contributed by atoms with Crippen molar-refractivity contribution in [2.75, 3.05) is 6.54 Å². The third-order valence-electron chi connectivity index (χ3n) is 4.02. The van der Waals surface area contributed by atoms with E-state index >= 15 is 0 Å². The van der Waals surface area contributed by atoms with Crippen LogP contribution in [-0.2, 0) is 6.42 Å². The van der Waals surface area contributed by atoms with E-state index < -0.39 is 0 Å². The van der Waals surface area contributed by atoms with Gasteiger partial charge in [-0.3, -0.25) is 0 Å². The Balaban J connectivity index is 1.93. The zero-order valence-electron chi connectivity index (χ0n) is 10.6. The Labute approximate surface area is 99.3 Å². The Morgan fingerprint density at radius 2 is 2.00 bits per heavy atom. The van der Waals surface area contributed by atoms with E-state index in [1.807, 2.05) is 0 Å². The topological polar surface area (TPSA) is 12.0 Å². The van der Waals surface area contributed by atoms with Crippen LogP contribution < -0.4 is 5.32 Å². The average molecular weight is 217 g/mol. The SMILES string of the molecule is CCC1(CCc2ccc(C)cc2)CCCN1. The quantitative estimate of drug-likeness (QED) is 0.814. The Kier molecular flexibility index (Phi) is 3.65. The summed E-state index contributed by atoms with van der Waals surface area (Å²) in [4.78, 5) is 0. The Morgan fingerprint density at radius 3 is 2.56 bits per heavy atom. The predicted molar refractivity (Wildman–Crippen MR) is 69.8 cm³/mol. The molecule has 1 aliphatic heterocycles. The van der Waals surface area contributed by atoms with Crippen molar-refractivity contribution in [2.24, 2.45) is 0 Å². The summed E-state index contributed by atoms with van der Waals surface area (Å²) in [7, 11) is 0. The summed E-state index contributed by atoms with van der Waals surface area (Å²) >= 11 is 0. The minimum Gasteiger partial charge on any atom is -0.311 e. The number of hydrogen-bond donors (Lipinski definition) is 1. The van der Waals surface area contributed by atoms with Crippen molar-refractivity contribution in [1.29, 1.82) is 0 Å². The van der Waals surface area contributed by atoms with Gasteiger partial charge in [-0.2, -0.15) is 0 Å². The predicted octanol–water partition coefficient (Wildman–Crippen LogP) is 3.46. The lowest BCUT2D eigenvalue weighted by Gasteiger charge is -2.28. The van der Waals surface area contributed by atoms with Crippen LogP contribution in [0.15, 0.2) is 24.3 Å². The maximum Gasteiger partial charge on any atom is 0.0182 e. The van der Waals surface area contributed by atoms with Gasteiger partial charge in [-0.1, -0.05) is 36.8 Å². The van der Waals surface area contributed by atoms with Crippen LogP contribution in [0.3, 0.4) is 0 Å². The summed E-state index contributed by atoms with van der Waals surface area (Å²) < 4.78 is 0. The van der Waals surface area contributed by atoms with Gasteiger partial charge in [-0.15, -0.1) is 0 Å². The van der Waals surface area contributed by atoms with Gasteiger partial charge >= 0.3 is 0 Å². The summed E-state index contributed by atoms with van der Waals surface area (Å²) in [6.07, 6.45) is 6.46. The standard InChI is InChI=1S/C15H23N/c1-3-15(10-4-12-16-15)11-9-14-7-5-13(2)6-8-14/h5-8,16H,3-4,9-12H2,1-2H3. The molecule has 2 rings (SSSR count). The third-order valence-corrected chi connectivity index (χ3v) is 4.02. The van der Waals surface area contributed by atoms with E-state index in [0.717, 1.165) is 0 Å². The van der Waals surface area contributed by atoms with Crippen LogP contribution in [0.25, 0.3) is 0 Å². The fraction of sp³-hybridized carbons (Fsp3) is 0.600. The lowest BCUT2D eigenvalue weighted by atomic mass is 9.87. The first-order valence-electron chi connectivity index (χ1n) is 6.55. The van der Waals surface area contributed by atoms with E-state index in [0.29, 0.717) is 5.54 Å². The van der Waals surface area contributed by atoms with E-state index in [-0.39, 0.29) is 0 Å². The largest absolute Gasteiger partial charge is 0.311 e. The van der Waals surface area contributed by atoms with Crippen molar-refractivity contribution in [3.8, 4) is 0 Å². The van der Waals surface area contributed by atoms with Gasteiger partial charge in [-0.25, -0.2) is 0 Å². The number of rotatable bonds is 4. The number of nitrogens with one attached hydrogen (secondary N) is 1. The molecule has 1 aromatic rings. The second-order valence-electron chi connectivity index (χ2n) is 5.15. The monoisotopic (exact) mass is 217 g/mol. The van der Waals surface area contributed by atoms with Crippen molar-refractivity contribution in [3.63, 3.8) is 0 Å². The van der Waals surface area contributed by atoms with E-state index in [1.54, 1.807) is 0 Å². The molecule has 0 bridgehead atoms. The van der Waals surface area contributed by atoms with Crippen LogP contribution in [0.5, 0.6) is 0 Å². The summed E-state index contributed by atoms with van der Waals surface area (Å²) in [5.41, 5.74) is 3.27. The summed E-state index contributed by atoms with van der Waals surface area (Å²) in [6, 6.07) is 8.98. The van der Waals surface area contributed by atoms with Gasteiger partial charge in [0.1, 0.15) is 0 Å². The minimum atomic E-state index is 0.435. The fourth-order valence-electron chi connectivity index (χ4n) is 2.70. The lowest BCUT2D eigenvalue weighted by molar-refractivity contribution is 0.336. The molecule has 88 valence electrons. The van der Waals surface area contributed by atoms with Gasteiger partial charge < -0.3 is 5.32 Å². The molecule has 1 atom stereocenters. The van der Waals surface area contributed by atoms with Crippen LogP contribution >= 0.6 is 0 Å². The zero-order chi connectivity index (χ0) is 11.4. The molecule has 1 fully saturated rings. The van der Waals surface area contributed by atoms with Crippen molar-refractivity contribution in [3.05, 3.63) is 35.4 Å². The lowest BCUT2D eigenvalue weighted by Crippen LogP contribution is -2.39. The second-order valence-corrected chi connectivity index (χ2v) is 5.15. The van der Waals surface area contributed by atoms with E-state index in [4.69, 9.17) is 0 Å². The van der Waals surface area contributed by atoms with Gasteiger partial charge in [0.25, 0.3) is 0 Å². The highest BCUT2D eigenvalue weighted by atomic mass is 15.0. The van der Waals surface area contributed by atoms with Crippen molar-refractivity contribution < 1.29 is 0 Å². The van der Waals surface area contributed by atoms with Crippen LogP contribution in [0.1, 0.15) is 43.7 Å². The Morgan fingerprint density at radius 1 is 1.25 bits per heavy atom. The molecule has 1 unspecified atom stereocenters. The minimum absolute atomic E-state index is 0.435. The first-order chi connectivity index (χ1) is 7.74. The average Bonchev–Trinajstić information content (AvgIpc) is 2.78. The molecule has 0 amide bonds. The van der Waals surface area contributed by atoms with Crippen molar-refractivity contribution >= 4 is 0 Å². The smallest absolute Gasteiger partial charge is 0.0182 e. The molecule has 1 saturated heterocycles. The normalized spacial score (nSPS) is 24.9. The van der Waals surface area contributed by atoms with Gasteiger partial charge in [0, 0.05) is 5.54 Å². The maximum absolute atomic E-state index is 3.70. The molecule has 1 heterocycles. The molecule has 1 nitrogen and oxygen atoms in total. The first-order valence-corrected chi connectivity index (χ1v) is 6.55. The Hall–Kier alpha value is -0.820. The fourth-order valence-corrected chi connectivity index (χ4v) is 2.70. The van der Waals surface area contributed by atoms with Crippen LogP contribution in [0.4, 0.5) is 0 Å². The van der Waals surface area contributed by atoms with E-state index in [2.05, 4.69) is 43.4 Å². The molecule has 0 spiro atoms. The molecule has 0 saturated carbocycles. The highest BCUT2D eigenvalue weighted by molar-refractivity contribution is 5.21. The molecule has 1 heteroatoms. The van der Waals surface area contributed by atoms with Crippen LogP contribution in [0.2, 0.25) is 0 Å². The highest BCUT2D eigenvalue weighted by Crippen LogP contribution is 2.28. The Bertz CT molecular complexity index is 320. The van der Waals surface area contributed by atoms with Gasteiger partial charge in [0.15, 0.2) is 0 Å². The molecule has 1 aromatic carbocycles. The van der Waals surface area contributed by atoms with Gasteiger partial charge in [0.05, 0.1) is 0 Å². The summed E-state index contributed by atoms with van der Waals surface area (Å²) in [5, 5.41) is 3.70. The molecular weight excluding hydrogens is 194 g/mol. The number of aryl methyl sites for hydroxylation is 2. The maximum atomic E-state index is 3.70. The number of benzene rings is 1. The van der Waals surface area contributed by atoms with Gasteiger partial charge in [0.2, 0.25) is 0 Å². The van der Waals surface area contributed by atoms with Crippen LogP contribution in [0, 0.1) is 6.92 Å². The molecule has 0 aromatic heterocycles. The third kappa shape index (κ3) is 2.65. The zero-order valence-corrected chi connectivity index (χ0v) is 10.6. The van der Waals surface area contributed by atoms with E-state index in [1.165, 1.54) is 49.8 Å². The molecule has 16 heavy (non-hydrogen) atoms. The first kappa shape index (κ1) is 11.7. The highest BCUT2D eigenvalue weighted by Gasteiger charge is 2.30. The van der Waals surface area contributed by atoms with Crippen molar-refractivity contribution in [1.82, 2.24) is 5.32 Å². The molecule has 0 aliphatic carbocycles. The molecule has 1 N–H and O–H groups in total. The second kappa shape index (κ2) is 5.01. The molecule has 0 radical (unpaired) electrons. The summed E-state index contributed by atoms with van der Waals surface area (Å²) in [5.74, 6) is 0. The summed E-state index contributed by atoms with van der Waals surface area (Å²) in [6.45, 7) is 5.67. The molecular formula is C15H23N. The molecule has 1 aliphatic rings. The van der Waals surface area contributed by atoms with Crippen LogP contribution in [-0.4, -0.2) is 12.1 Å². The van der Waals surface area contributed by atoms with Gasteiger partial charge in [-0.05, 0) is 51.1 Å². The van der Waals surface area contributed by atoms with Crippen molar-refractivity contribution in [2.45, 2.75) is 51.5 Å². The van der Waals surface area contributed by atoms with E-state index in [9.17, 15) is 0 Å². The number of hydrogen-bond acceptors (Lipinski definition) is 1.